The maximum atomic E-state index is 12.0. The molecule has 102 valence electrons. The molecule has 0 amide bonds. The van der Waals surface area contributed by atoms with Gasteiger partial charge >= 0.3 is 0 Å². The van der Waals surface area contributed by atoms with E-state index in [1.54, 1.807) is 6.92 Å². The first-order valence-corrected chi connectivity index (χ1v) is 7.83. The fourth-order valence-electron chi connectivity index (χ4n) is 1.84. The molecule has 1 rings (SSSR count). The molecule has 4 nitrogen and oxygen atoms in total. The monoisotopic (exact) mass is 271 g/mol. The second kappa shape index (κ2) is 7.51. The molecule has 0 aliphatic carbocycles. The molecule has 0 saturated carbocycles. The standard InChI is InChI=1S/C13H21NO3S/c1-2-14(10-11-15)18(16,17)12-6-9-13-7-4-3-5-8-13/h3-5,7-8,15H,2,6,9-12H2,1H3. The first-order valence-electron chi connectivity index (χ1n) is 6.22. The van der Waals surface area contributed by atoms with Crippen LogP contribution in [0, 0.1) is 0 Å². The molecular weight excluding hydrogens is 250 g/mol. The van der Waals surface area contributed by atoms with Gasteiger partial charge in [0.05, 0.1) is 12.4 Å². The van der Waals surface area contributed by atoms with E-state index in [4.69, 9.17) is 5.11 Å². The zero-order valence-electron chi connectivity index (χ0n) is 10.7. The molecule has 0 bridgehead atoms. The lowest BCUT2D eigenvalue weighted by atomic mass is 10.1. The van der Waals surface area contributed by atoms with Crippen LogP contribution in [0.2, 0.25) is 0 Å². The van der Waals surface area contributed by atoms with Crippen molar-refractivity contribution in [2.45, 2.75) is 19.8 Å². The van der Waals surface area contributed by atoms with Gasteiger partial charge in [0, 0.05) is 13.1 Å². The van der Waals surface area contributed by atoms with Gasteiger partial charge in [-0.3, -0.25) is 0 Å². The number of hydrogen-bond donors (Lipinski definition) is 1. The lowest BCUT2D eigenvalue weighted by Gasteiger charge is -2.19. The largest absolute Gasteiger partial charge is 0.395 e. The van der Waals surface area contributed by atoms with E-state index in [1.807, 2.05) is 30.3 Å². The van der Waals surface area contributed by atoms with Crippen LogP contribution in [0.1, 0.15) is 18.9 Å². The van der Waals surface area contributed by atoms with E-state index >= 15 is 0 Å². The van der Waals surface area contributed by atoms with Crippen molar-refractivity contribution in [3.05, 3.63) is 35.9 Å². The van der Waals surface area contributed by atoms with Gasteiger partial charge in [0.2, 0.25) is 10.0 Å². The van der Waals surface area contributed by atoms with Gasteiger partial charge in [0.1, 0.15) is 0 Å². The van der Waals surface area contributed by atoms with Crippen molar-refractivity contribution in [3.63, 3.8) is 0 Å². The Morgan fingerprint density at radius 1 is 1.22 bits per heavy atom. The fraction of sp³-hybridized carbons (Fsp3) is 0.538. The van der Waals surface area contributed by atoms with Crippen molar-refractivity contribution < 1.29 is 13.5 Å². The molecule has 1 aromatic carbocycles. The van der Waals surface area contributed by atoms with Gasteiger partial charge in [-0.05, 0) is 18.4 Å². The summed E-state index contributed by atoms with van der Waals surface area (Å²) >= 11 is 0. The number of benzene rings is 1. The Kier molecular flexibility index (Phi) is 6.32. The normalized spacial score (nSPS) is 11.9. The second-order valence-corrected chi connectivity index (χ2v) is 6.21. The summed E-state index contributed by atoms with van der Waals surface area (Å²) in [5.74, 6) is 0.135. The zero-order chi connectivity index (χ0) is 13.4. The van der Waals surface area contributed by atoms with Gasteiger partial charge < -0.3 is 5.11 Å². The number of nitrogens with zero attached hydrogens (tertiary/aromatic N) is 1. The molecule has 0 fully saturated rings. The topological polar surface area (TPSA) is 57.6 Å². The second-order valence-electron chi connectivity index (χ2n) is 4.12. The SMILES string of the molecule is CCN(CCO)S(=O)(=O)CCCc1ccccc1. The fourth-order valence-corrected chi connectivity index (χ4v) is 3.36. The van der Waals surface area contributed by atoms with Crippen molar-refractivity contribution in [1.29, 1.82) is 0 Å². The van der Waals surface area contributed by atoms with Gasteiger partial charge in [0.25, 0.3) is 0 Å². The first-order chi connectivity index (χ1) is 8.60. The van der Waals surface area contributed by atoms with Gasteiger partial charge in [0.15, 0.2) is 0 Å². The molecule has 18 heavy (non-hydrogen) atoms. The lowest BCUT2D eigenvalue weighted by Crippen LogP contribution is -2.35. The number of sulfonamides is 1. The Balaban J connectivity index is 2.46. The quantitative estimate of drug-likeness (QED) is 0.774. The number of rotatable bonds is 8. The Morgan fingerprint density at radius 3 is 2.44 bits per heavy atom. The molecule has 0 heterocycles. The van der Waals surface area contributed by atoms with Crippen molar-refractivity contribution in [3.8, 4) is 0 Å². The van der Waals surface area contributed by atoms with Crippen LogP contribution in [-0.2, 0) is 16.4 Å². The van der Waals surface area contributed by atoms with Crippen molar-refractivity contribution in [1.82, 2.24) is 4.31 Å². The predicted octanol–water partition coefficient (Wildman–Crippen LogP) is 1.26. The molecular formula is C13H21NO3S. The van der Waals surface area contributed by atoms with E-state index in [-0.39, 0.29) is 18.9 Å². The smallest absolute Gasteiger partial charge is 0.214 e. The average Bonchev–Trinajstić information content (AvgIpc) is 2.36. The van der Waals surface area contributed by atoms with E-state index in [2.05, 4.69) is 0 Å². The molecule has 0 saturated heterocycles. The van der Waals surface area contributed by atoms with Crippen LogP contribution in [0.5, 0.6) is 0 Å². The summed E-state index contributed by atoms with van der Waals surface area (Å²) in [7, 11) is -3.23. The summed E-state index contributed by atoms with van der Waals surface area (Å²) in [6.45, 7) is 2.24. The Bertz CT molecular complexity index is 431. The van der Waals surface area contributed by atoms with E-state index in [1.165, 1.54) is 4.31 Å². The van der Waals surface area contributed by atoms with Crippen LogP contribution >= 0.6 is 0 Å². The van der Waals surface area contributed by atoms with Crippen LogP contribution in [-0.4, -0.2) is 43.3 Å². The summed E-state index contributed by atoms with van der Waals surface area (Å²) < 4.78 is 25.2. The highest BCUT2D eigenvalue weighted by molar-refractivity contribution is 7.89. The summed E-state index contributed by atoms with van der Waals surface area (Å²) in [6.07, 6.45) is 1.37. The molecule has 0 aliphatic heterocycles. The third kappa shape index (κ3) is 4.76. The Hall–Kier alpha value is -0.910. The summed E-state index contributed by atoms with van der Waals surface area (Å²) in [4.78, 5) is 0. The third-order valence-corrected chi connectivity index (χ3v) is 4.84. The Morgan fingerprint density at radius 2 is 1.89 bits per heavy atom. The van der Waals surface area contributed by atoms with Crippen LogP contribution < -0.4 is 0 Å². The molecule has 0 aromatic heterocycles. The van der Waals surface area contributed by atoms with Crippen LogP contribution in [0.15, 0.2) is 30.3 Å². The molecule has 0 radical (unpaired) electrons. The number of likely N-dealkylation sites (N-methyl/N-ethyl adjacent to an activating group) is 1. The highest BCUT2D eigenvalue weighted by Crippen LogP contribution is 2.07. The van der Waals surface area contributed by atoms with Gasteiger partial charge in [-0.2, -0.15) is 4.31 Å². The van der Waals surface area contributed by atoms with Crippen LogP contribution in [0.25, 0.3) is 0 Å². The minimum Gasteiger partial charge on any atom is -0.395 e. The molecule has 0 aliphatic rings. The number of aryl methyl sites for hydroxylation is 1. The maximum absolute atomic E-state index is 12.0. The van der Waals surface area contributed by atoms with Gasteiger partial charge in [-0.15, -0.1) is 0 Å². The molecule has 1 N–H and O–H groups in total. The number of aliphatic hydroxyl groups excluding tert-OH is 1. The van der Waals surface area contributed by atoms with Crippen molar-refractivity contribution in [2.75, 3.05) is 25.4 Å². The lowest BCUT2D eigenvalue weighted by molar-refractivity contribution is 0.257. The molecule has 0 unspecified atom stereocenters. The maximum Gasteiger partial charge on any atom is 0.214 e. The Labute approximate surface area is 109 Å². The summed E-state index contributed by atoms with van der Waals surface area (Å²) in [5, 5.41) is 8.83. The first kappa shape index (κ1) is 15.1. The zero-order valence-corrected chi connectivity index (χ0v) is 11.6. The van der Waals surface area contributed by atoms with Gasteiger partial charge in [-0.1, -0.05) is 37.3 Å². The summed E-state index contributed by atoms with van der Waals surface area (Å²) in [5.41, 5.74) is 1.15. The van der Waals surface area contributed by atoms with Crippen molar-refractivity contribution >= 4 is 10.0 Å². The predicted molar refractivity (Wildman–Crippen MR) is 72.9 cm³/mol. The minimum atomic E-state index is -3.23. The van der Waals surface area contributed by atoms with Gasteiger partial charge in [-0.25, -0.2) is 8.42 Å². The number of hydrogen-bond acceptors (Lipinski definition) is 3. The molecule has 5 heteroatoms. The van der Waals surface area contributed by atoms with Crippen LogP contribution in [0.4, 0.5) is 0 Å². The number of aliphatic hydroxyl groups is 1. The molecule has 1 aromatic rings. The minimum absolute atomic E-state index is 0.133. The molecule has 0 atom stereocenters. The average molecular weight is 271 g/mol. The van der Waals surface area contributed by atoms with Crippen LogP contribution in [0.3, 0.4) is 0 Å². The highest BCUT2D eigenvalue weighted by Gasteiger charge is 2.18. The highest BCUT2D eigenvalue weighted by atomic mass is 32.2. The summed E-state index contributed by atoms with van der Waals surface area (Å²) in [6, 6.07) is 9.85. The molecule has 0 spiro atoms. The van der Waals surface area contributed by atoms with E-state index in [9.17, 15) is 8.42 Å². The van der Waals surface area contributed by atoms with E-state index in [0.717, 1.165) is 12.0 Å². The van der Waals surface area contributed by atoms with E-state index in [0.29, 0.717) is 13.0 Å². The van der Waals surface area contributed by atoms with E-state index < -0.39 is 10.0 Å². The van der Waals surface area contributed by atoms with Crippen molar-refractivity contribution in [2.24, 2.45) is 0 Å². The third-order valence-electron chi connectivity index (χ3n) is 2.81.